The largest absolute Gasteiger partial charge is 0.339 e. The molecule has 1 heterocycles. The van der Waals surface area contributed by atoms with Gasteiger partial charge in [-0.1, -0.05) is 60.2 Å². The second kappa shape index (κ2) is 7.93. The number of nitrogens with zero attached hydrogens (tertiary/aromatic N) is 1. The Kier molecular flexibility index (Phi) is 5.44. The molecule has 3 heteroatoms. The lowest BCUT2D eigenvalue weighted by atomic mass is 9.89. The van der Waals surface area contributed by atoms with Crippen molar-refractivity contribution in [3.63, 3.8) is 0 Å². The molecule has 1 aliphatic rings. The van der Waals surface area contributed by atoms with E-state index >= 15 is 0 Å². The first-order chi connectivity index (χ1) is 12.1. The predicted octanol–water partition coefficient (Wildman–Crippen LogP) is 4.13. The molecule has 1 fully saturated rings. The van der Waals surface area contributed by atoms with Gasteiger partial charge in [-0.3, -0.25) is 9.59 Å². The van der Waals surface area contributed by atoms with Crippen molar-refractivity contribution >= 4 is 17.8 Å². The zero-order valence-electron chi connectivity index (χ0n) is 14.5. The molecule has 0 spiro atoms. The van der Waals surface area contributed by atoms with Crippen molar-refractivity contribution in [3.8, 4) is 0 Å². The van der Waals surface area contributed by atoms with Gasteiger partial charge < -0.3 is 4.90 Å². The molecule has 0 N–H and O–H groups in total. The van der Waals surface area contributed by atoms with Gasteiger partial charge >= 0.3 is 0 Å². The Hall–Kier alpha value is -2.68. The Morgan fingerprint density at radius 3 is 2.24 bits per heavy atom. The number of carbonyl (C=O) groups is 2. The SMILES string of the molecule is Cc1ccc(C=CC(=O)N2CCC(C(=O)c3ccccc3)CC2)cc1. The Bertz CT molecular complexity index is 754. The number of hydrogen-bond acceptors (Lipinski definition) is 2. The molecule has 25 heavy (non-hydrogen) atoms. The van der Waals surface area contributed by atoms with E-state index < -0.39 is 0 Å². The molecule has 1 amide bonds. The highest BCUT2D eigenvalue weighted by Crippen LogP contribution is 2.22. The van der Waals surface area contributed by atoms with Crippen molar-refractivity contribution in [3.05, 3.63) is 77.4 Å². The highest BCUT2D eigenvalue weighted by Gasteiger charge is 2.27. The second-order valence-corrected chi connectivity index (χ2v) is 6.57. The van der Waals surface area contributed by atoms with Gasteiger partial charge in [0, 0.05) is 30.6 Å². The minimum absolute atomic E-state index is 0.0196. The molecule has 3 rings (SSSR count). The fourth-order valence-electron chi connectivity index (χ4n) is 3.15. The number of ketones is 1. The number of hydrogen-bond donors (Lipinski definition) is 0. The van der Waals surface area contributed by atoms with E-state index in [0.717, 1.165) is 24.0 Å². The van der Waals surface area contributed by atoms with Crippen molar-refractivity contribution in [2.24, 2.45) is 5.92 Å². The second-order valence-electron chi connectivity index (χ2n) is 6.57. The first kappa shape index (κ1) is 17.2. The molecule has 1 saturated heterocycles. The molecule has 0 aliphatic carbocycles. The van der Waals surface area contributed by atoms with Gasteiger partial charge in [0.2, 0.25) is 5.91 Å². The van der Waals surface area contributed by atoms with Gasteiger partial charge in [0.1, 0.15) is 0 Å². The van der Waals surface area contributed by atoms with Gasteiger partial charge in [-0.25, -0.2) is 0 Å². The summed E-state index contributed by atoms with van der Waals surface area (Å²) in [5, 5.41) is 0. The molecule has 0 atom stereocenters. The summed E-state index contributed by atoms with van der Waals surface area (Å²) in [7, 11) is 0. The lowest BCUT2D eigenvalue weighted by molar-refractivity contribution is -0.127. The zero-order chi connectivity index (χ0) is 17.6. The average Bonchev–Trinajstić information content (AvgIpc) is 2.67. The summed E-state index contributed by atoms with van der Waals surface area (Å²) < 4.78 is 0. The van der Waals surface area contributed by atoms with E-state index in [1.165, 1.54) is 5.56 Å². The standard InChI is InChI=1S/C22H23NO2/c1-17-7-9-18(10-8-17)11-12-21(24)23-15-13-20(14-16-23)22(25)19-5-3-2-4-6-19/h2-12,20H,13-16H2,1H3. The number of amides is 1. The van der Waals surface area contributed by atoms with E-state index in [1.54, 1.807) is 6.08 Å². The van der Waals surface area contributed by atoms with Gasteiger partial charge in [-0.2, -0.15) is 0 Å². The van der Waals surface area contributed by atoms with E-state index in [0.29, 0.717) is 13.1 Å². The fourth-order valence-corrected chi connectivity index (χ4v) is 3.15. The lowest BCUT2D eigenvalue weighted by Gasteiger charge is -2.30. The third-order valence-corrected chi connectivity index (χ3v) is 4.73. The van der Waals surface area contributed by atoms with Crippen LogP contribution in [0.1, 0.15) is 34.3 Å². The summed E-state index contributed by atoms with van der Waals surface area (Å²) in [6, 6.07) is 17.5. The van der Waals surface area contributed by atoms with Gasteiger partial charge in [-0.15, -0.1) is 0 Å². The number of rotatable bonds is 4. The van der Waals surface area contributed by atoms with Crippen LogP contribution in [0.15, 0.2) is 60.7 Å². The Morgan fingerprint density at radius 2 is 1.60 bits per heavy atom. The van der Waals surface area contributed by atoms with E-state index in [1.807, 2.05) is 72.5 Å². The molecule has 0 aromatic heterocycles. The highest BCUT2D eigenvalue weighted by molar-refractivity contribution is 5.98. The highest BCUT2D eigenvalue weighted by atomic mass is 16.2. The summed E-state index contributed by atoms with van der Waals surface area (Å²) in [6.45, 7) is 3.32. The minimum Gasteiger partial charge on any atom is -0.339 e. The summed E-state index contributed by atoms with van der Waals surface area (Å²) in [5.41, 5.74) is 2.99. The molecule has 2 aromatic rings. The van der Waals surface area contributed by atoms with Gasteiger partial charge in [0.25, 0.3) is 0 Å². The van der Waals surface area contributed by atoms with E-state index in [9.17, 15) is 9.59 Å². The normalized spacial score (nSPS) is 15.5. The van der Waals surface area contributed by atoms with Crippen molar-refractivity contribution in [2.75, 3.05) is 13.1 Å². The van der Waals surface area contributed by atoms with Gasteiger partial charge in [0.05, 0.1) is 0 Å². The lowest BCUT2D eigenvalue weighted by Crippen LogP contribution is -2.39. The monoisotopic (exact) mass is 333 g/mol. The van der Waals surface area contributed by atoms with Crippen LogP contribution in [0.4, 0.5) is 0 Å². The van der Waals surface area contributed by atoms with E-state index in [-0.39, 0.29) is 17.6 Å². The number of aryl methyl sites for hydroxylation is 1. The third kappa shape index (κ3) is 4.44. The Labute approximate surface area is 149 Å². The van der Waals surface area contributed by atoms with Gasteiger partial charge in [0.15, 0.2) is 5.78 Å². The molecule has 0 unspecified atom stereocenters. The number of Topliss-reactive ketones (excluding diaryl/α,β-unsaturated/α-hetero) is 1. The number of carbonyl (C=O) groups excluding carboxylic acids is 2. The van der Waals surface area contributed by atoms with Crippen molar-refractivity contribution in [2.45, 2.75) is 19.8 Å². The van der Waals surface area contributed by atoms with Crippen molar-refractivity contribution in [1.82, 2.24) is 4.90 Å². The summed E-state index contributed by atoms with van der Waals surface area (Å²) in [5.74, 6) is 0.238. The third-order valence-electron chi connectivity index (χ3n) is 4.73. The van der Waals surface area contributed by atoms with Crippen LogP contribution in [-0.2, 0) is 4.79 Å². The van der Waals surface area contributed by atoms with Crippen LogP contribution < -0.4 is 0 Å². The average molecular weight is 333 g/mol. The molecule has 128 valence electrons. The molecule has 1 aliphatic heterocycles. The Morgan fingerprint density at radius 1 is 0.960 bits per heavy atom. The van der Waals surface area contributed by atoms with Crippen LogP contribution >= 0.6 is 0 Å². The first-order valence-corrected chi connectivity index (χ1v) is 8.76. The number of benzene rings is 2. The molecule has 0 radical (unpaired) electrons. The summed E-state index contributed by atoms with van der Waals surface area (Å²) in [6.07, 6.45) is 4.95. The summed E-state index contributed by atoms with van der Waals surface area (Å²) >= 11 is 0. The number of piperidine rings is 1. The molecule has 3 nitrogen and oxygen atoms in total. The quantitative estimate of drug-likeness (QED) is 0.623. The number of likely N-dealkylation sites (tertiary alicyclic amines) is 1. The predicted molar refractivity (Wildman–Crippen MR) is 100 cm³/mol. The maximum atomic E-state index is 12.5. The van der Waals surface area contributed by atoms with Crippen molar-refractivity contribution < 1.29 is 9.59 Å². The van der Waals surface area contributed by atoms with Crippen LogP contribution in [0.25, 0.3) is 6.08 Å². The molecule has 0 saturated carbocycles. The zero-order valence-corrected chi connectivity index (χ0v) is 14.5. The van der Waals surface area contributed by atoms with E-state index in [2.05, 4.69) is 0 Å². The summed E-state index contributed by atoms with van der Waals surface area (Å²) in [4.78, 5) is 26.7. The maximum absolute atomic E-state index is 12.5. The van der Waals surface area contributed by atoms with Crippen LogP contribution in [0.2, 0.25) is 0 Å². The molecular formula is C22H23NO2. The van der Waals surface area contributed by atoms with Gasteiger partial charge in [-0.05, 0) is 31.4 Å². The minimum atomic E-state index is 0.0196. The molecule has 2 aromatic carbocycles. The Balaban J connectivity index is 1.54. The van der Waals surface area contributed by atoms with E-state index in [4.69, 9.17) is 0 Å². The maximum Gasteiger partial charge on any atom is 0.246 e. The first-order valence-electron chi connectivity index (χ1n) is 8.76. The van der Waals surface area contributed by atoms with Crippen LogP contribution in [0, 0.1) is 12.8 Å². The van der Waals surface area contributed by atoms with Crippen LogP contribution in [0.5, 0.6) is 0 Å². The van der Waals surface area contributed by atoms with Crippen LogP contribution in [-0.4, -0.2) is 29.7 Å². The van der Waals surface area contributed by atoms with Crippen LogP contribution in [0.3, 0.4) is 0 Å². The fraction of sp³-hybridized carbons (Fsp3) is 0.273. The smallest absolute Gasteiger partial charge is 0.246 e. The topological polar surface area (TPSA) is 37.4 Å². The molecule has 0 bridgehead atoms. The molecular weight excluding hydrogens is 310 g/mol. The van der Waals surface area contributed by atoms with Crippen molar-refractivity contribution in [1.29, 1.82) is 0 Å².